The molecule has 38 heavy (non-hydrogen) atoms. The van der Waals surface area contributed by atoms with Gasteiger partial charge in [0.1, 0.15) is 0 Å². The van der Waals surface area contributed by atoms with Crippen LogP contribution in [0.5, 0.6) is 0 Å². The zero-order valence-electron chi connectivity index (χ0n) is 22.7. The average Bonchev–Trinajstić information content (AvgIpc) is 2.92. The predicted octanol–water partition coefficient (Wildman–Crippen LogP) is 6.20. The Morgan fingerprint density at radius 3 is 2.29 bits per heavy atom. The fourth-order valence-corrected chi connectivity index (χ4v) is 5.16. The number of nitrogens with one attached hydrogen (secondary N) is 1. The van der Waals surface area contributed by atoms with E-state index in [1.807, 2.05) is 74.5 Å². The Morgan fingerprint density at radius 2 is 1.68 bits per heavy atom. The fraction of sp³-hybridized carbons (Fsp3) is 0.387. The minimum atomic E-state index is -0.418. The van der Waals surface area contributed by atoms with Crippen LogP contribution in [0.2, 0.25) is 0 Å². The van der Waals surface area contributed by atoms with Crippen molar-refractivity contribution in [3.8, 4) is 22.4 Å². The zero-order chi connectivity index (χ0) is 27.3. The van der Waals surface area contributed by atoms with E-state index >= 15 is 0 Å². The molecule has 1 aromatic heterocycles. The Morgan fingerprint density at radius 1 is 1.03 bits per heavy atom. The van der Waals surface area contributed by atoms with Crippen LogP contribution in [0.3, 0.4) is 0 Å². The molecule has 0 radical (unpaired) electrons. The van der Waals surface area contributed by atoms with E-state index in [4.69, 9.17) is 15.5 Å². The first-order chi connectivity index (χ1) is 18.2. The molecule has 3 aromatic rings. The van der Waals surface area contributed by atoms with Gasteiger partial charge in [0.05, 0.1) is 24.7 Å². The second-order valence-corrected chi connectivity index (χ2v) is 10.8. The number of carbonyl (C=O) groups excluding carboxylic acids is 2. The molecule has 7 nitrogen and oxygen atoms in total. The molecule has 1 aliphatic carbocycles. The topological polar surface area (TPSA) is 97.5 Å². The van der Waals surface area contributed by atoms with Crippen LogP contribution in [0, 0.1) is 5.92 Å². The Balaban J connectivity index is 1.47. The number of hydrogen-bond acceptors (Lipinski definition) is 5. The van der Waals surface area contributed by atoms with Crippen molar-refractivity contribution in [1.29, 1.82) is 0 Å². The molecule has 2 amide bonds. The molecular formula is C31H38N4O3. The molecule has 0 unspecified atom stereocenters. The SMILES string of the molecule is COC(=O)N(C)C1CCC(CC(=O)Nc2cnc(-c3ccc(C(C)(C)N)cc3)c(-c3ccccc3)c2)CC1. The molecular weight excluding hydrogens is 476 g/mol. The van der Waals surface area contributed by atoms with Crippen LogP contribution < -0.4 is 11.1 Å². The number of benzene rings is 2. The van der Waals surface area contributed by atoms with E-state index < -0.39 is 5.54 Å². The van der Waals surface area contributed by atoms with Gasteiger partial charge in [-0.15, -0.1) is 0 Å². The first-order valence-corrected chi connectivity index (χ1v) is 13.2. The minimum Gasteiger partial charge on any atom is -0.453 e. The number of amides is 2. The number of nitrogens with two attached hydrogens (primary N) is 1. The molecule has 4 rings (SSSR count). The summed E-state index contributed by atoms with van der Waals surface area (Å²) in [6, 6.07) is 20.4. The van der Waals surface area contributed by atoms with Crippen molar-refractivity contribution in [2.75, 3.05) is 19.5 Å². The summed E-state index contributed by atoms with van der Waals surface area (Å²) in [7, 11) is 3.18. The van der Waals surface area contributed by atoms with Gasteiger partial charge >= 0.3 is 6.09 Å². The molecule has 3 N–H and O–H groups in total. The number of ether oxygens (including phenoxy) is 1. The van der Waals surface area contributed by atoms with Crippen molar-refractivity contribution in [3.05, 3.63) is 72.4 Å². The number of anilines is 1. The van der Waals surface area contributed by atoms with E-state index in [1.54, 1.807) is 18.1 Å². The van der Waals surface area contributed by atoms with Crippen LogP contribution in [-0.4, -0.2) is 42.1 Å². The van der Waals surface area contributed by atoms with Gasteiger partial charge in [0.2, 0.25) is 5.91 Å². The van der Waals surface area contributed by atoms with Crippen molar-refractivity contribution in [3.63, 3.8) is 0 Å². The third-order valence-corrected chi connectivity index (χ3v) is 7.46. The van der Waals surface area contributed by atoms with Gasteiger partial charge in [0.25, 0.3) is 0 Å². The van der Waals surface area contributed by atoms with E-state index in [0.29, 0.717) is 18.0 Å². The van der Waals surface area contributed by atoms with Gasteiger partial charge in [-0.25, -0.2) is 4.79 Å². The van der Waals surface area contributed by atoms with Crippen LogP contribution >= 0.6 is 0 Å². The van der Waals surface area contributed by atoms with Gasteiger partial charge in [-0.3, -0.25) is 9.78 Å². The molecule has 1 fully saturated rings. The molecule has 0 saturated heterocycles. The Kier molecular flexibility index (Phi) is 8.47. The molecule has 200 valence electrons. The summed E-state index contributed by atoms with van der Waals surface area (Å²) >= 11 is 0. The number of pyridine rings is 1. The number of methoxy groups -OCH3 is 1. The summed E-state index contributed by atoms with van der Waals surface area (Å²) in [4.78, 5) is 31.2. The number of carbonyl (C=O) groups is 2. The monoisotopic (exact) mass is 514 g/mol. The first kappa shape index (κ1) is 27.3. The first-order valence-electron chi connectivity index (χ1n) is 13.2. The summed E-state index contributed by atoms with van der Waals surface area (Å²) < 4.78 is 4.83. The number of aromatic nitrogens is 1. The van der Waals surface area contributed by atoms with E-state index in [2.05, 4.69) is 5.32 Å². The summed E-state index contributed by atoms with van der Waals surface area (Å²) in [6.07, 6.45) is 5.42. The predicted molar refractivity (Wildman–Crippen MR) is 151 cm³/mol. The van der Waals surface area contributed by atoms with Crippen molar-refractivity contribution in [1.82, 2.24) is 9.88 Å². The third-order valence-electron chi connectivity index (χ3n) is 7.46. The second kappa shape index (κ2) is 11.8. The summed E-state index contributed by atoms with van der Waals surface area (Å²) in [5.41, 5.74) is 11.4. The molecule has 0 aliphatic heterocycles. The van der Waals surface area contributed by atoms with Crippen molar-refractivity contribution in [2.45, 2.75) is 57.5 Å². The van der Waals surface area contributed by atoms with Crippen molar-refractivity contribution >= 4 is 17.7 Å². The fourth-order valence-electron chi connectivity index (χ4n) is 5.16. The standard InChI is InChI=1S/C31H38N4O3/c1-31(2,32)24-14-12-23(13-15-24)29-27(22-8-6-5-7-9-22)19-25(20-33-29)34-28(36)18-21-10-16-26(17-11-21)35(3)30(37)38-4/h5-9,12-15,19-21,26H,10-11,16-18,32H2,1-4H3,(H,34,36). The van der Waals surface area contributed by atoms with Crippen molar-refractivity contribution < 1.29 is 14.3 Å². The molecule has 1 aliphatic rings. The zero-order valence-corrected chi connectivity index (χ0v) is 22.7. The number of hydrogen-bond donors (Lipinski definition) is 2. The van der Waals surface area contributed by atoms with Crippen LogP contribution in [0.4, 0.5) is 10.5 Å². The maximum absolute atomic E-state index is 12.9. The van der Waals surface area contributed by atoms with Gasteiger partial charge in [-0.05, 0) is 62.6 Å². The molecule has 2 aromatic carbocycles. The van der Waals surface area contributed by atoms with Gasteiger partial charge in [0, 0.05) is 36.2 Å². The average molecular weight is 515 g/mol. The van der Waals surface area contributed by atoms with E-state index in [1.165, 1.54) is 7.11 Å². The van der Waals surface area contributed by atoms with E-state index in [0.717, 1.165) is 53.6 Å². The Labute approximate surface area is 225 Å². The van der Waals surface area contributed by atoms with Gasteiger partial charge in [-0.2, -0.15) is 0 Å². The summed E-state index contributed by atoms with van der Waals surface area (Å²) in [5.74, 6) is 0.279. The van der Waals surface area contributed by atoms with Crippen molar-refractivity contribution in [2.24, 2.45) is 11.7 Å². The maximum Gasteiger partial charge on any atom is 0.409 e. The molecule has 0 bridgehead atoms. The molecule has 1 heterocycles. The van der Waals surface area contributed by atoms with Gasteiger partial charge in [0.15, 0.2) is 0 Å². The second-order valence-electron chi connectivity index (χ2n) is 10.8. The van der Waals surface area contributed by atoms with Crippen LogP contribution in [0.1, 0.15) is 51.5 Å². The smallest absolute Gasteiger partial charge is 0.409 e. The lowest BCUT2D eigenvalue weighted by atomic mass is 9.83. The third kappa shape index (κ3) is 6.58. The molecule has 7 heteroatoms. The molecule has 0 spiro atoms. The summed E-state index contributed by atoms with van der Waals surface area (Å²) in [6.45, 7) is 3.97. The summed E-state index contributed by atoms with van der Waals surface area (Å²) in [5, 5.41) is 3.07. The Hall–Kier alpha value is -3.71. The quantitative estimate of drug-likeness (QED) is 0.391. The van der Waals surface area contributed by atoms with Crippen LogP contribution in [0.15, 0.2) is 66.9 Å². The van der Waals surface area contributed by atoms with Gasteiger partial charge in [-0.1, -0.05) is 54.6 Å². The van der Waals surface area contributed by atoms with E-state index in [-0.39, 0.29) is 18.0 Å². The van der Waals surface area contributed by atoms with E-state index in [9.17, 15) is 9.59 Å². The minimum absolute atomic E-state index is 0.0159. The van der Waals surface area contributed by atoms with Gasteiger partial charge < -0.3 is 20.7 Å². The highest BCUT2D eigenvalue weighted by Gasteiger charge is 2.28. The van der Waals surface area contributed by atoms with Crippen LogP contribution in [-0.2, 0) is 15.1 Å². The highest BCUT2D eigenvalue weighted by Crippen LogP contribution is 2.34. The van der Waals surface area contributed by atoms with Crippen LogP contribution in [0.25, 0.3) is 22.4 Å². The Bertz CT molecular complexity index is 1240. The maximum atomic E-state index is 12.9. The molecule has 0 atom stereocenters. The molecule has 1 saturated carbocycles. The highest BCUT2D eigenvalue weighted by atomic mass is 16.5. The highest BCUT2D eigenvalue weighted by molar-refractivity contribution is 5.93. The number of rotatable bonds is 7. The lowest BCUT2D eigenvalue weighted by Gasteiger charge is -2.33. The lowest BCUT2D eigenvalue weighted by Crippen LogP contribution is -2.39. The normalized spacial score (nSPS) is 17.5. The lowest BCUT2D eigenvalue weighted by molar-refractivity contribution is -0.117. The number of nitrogens with zero attached hydrogens (tertiary/aromatic N) is 2. The largest absolute Gasteiger partial charge is 0.453 e.